The zero-order valence-corrected chi connectivity index (χ0v) is 12.1. The standard InChI is InChI=1S/C16H24N2O/c1-12(2)13-9-10-18(11-13)15(19)16(3,17)14-7-5-4-6-8-14/h4-8,12-13H,9-11,17H2,1-3H3. The van der Waals surface area contributed by atoms with Gasteiger partial charge in [0.15, 0.2) is 0 Å². The van der Waals surface area contributed by atoms with Crippen molar-refractivity contribution in [3.8, 4) is 0 Å². The summed E-state index contributed by atoms with van der Waals surface area (Å²) in [5, 5.41) is 0. The van der Waals surface area contributed by atoms with Crippen molar-refractivity contribution in [2.24, 2.45) is 17.6 Å². The third kappa shape index (κ3) is 2.81. The van der Waals surface area contributed by atoms with Gasteiger partial charge in [-0.2, -0.15) is 0 Å². The van der Waals surface area contributed by atoms with Crippen molar-refractivity contribution in [3.63, 3.8) is 0 Å². The highest BCUT2D eigenvalue weighted by atomic mass is 16.2. The van der Waals surface area contributed by atoms with E-state index in [-0.39, 0.29) is 5.91 Å². The molecule has 0 aliphatic carbocycles. The van der Waals surface area contributed by atoms with Crippen LogP contribution >= 0.6 is 0 Å². The second-order valence-corrected chi connectivity index (χ2v) is 6.11. The molecular formula is C16H24N2O. The van der Waals surface area contributed by atoms with Crippen LogP contribution in [-0.2, 0) is 10.3 Å². The van der Waals surface area contributed by atoms with E-state index >= 15 is 0 Å². The molecule has 2 atom stereocenters. The average Bonchev–Trinajstić information content (AvgIpc) is 2.88. The van der Waals surface area contributed by atoms with E-state index in [1.807, 2.05) is 42.2 Å². The van der Waals surface area contributed by atoms with Gasteiger partial charge in [0.25, 0.3) is 0 Å². The van der Waals surface area contributed by atoms with E-state index in [0.29, 0.717) is 11.8 Å². The minimum Gasteiger partial charge on any atom is -0.341 e. The zero-order chi connectivity index (χ0) is 14.0. The first kappa shape index (κ1) is 14.1. The molecule has 104 valence electrons. The Kier molecular flexibility index (Phi) is 3.95. The third-order valence-electron chi connectivity index (χ3n) is 4.27. The molecule has 1 heterocycles. The fraction of sp³-hybridized carbons (Fsp3) is 0.562. The number of amides is 1. The van der Waals surface area contributed by atoms with Crippen LogP contribution in [0.25, 0.3) is 0 Å². The molecule has 0 radical (unpaired) electrons. The predicted octanol–water partition coefficient (Wildman–Crippen LogP) is 2.37. The Morgan fingerprint density at radius 2 is 2.00 bits per heavy atom. The van der Waals surface area contributed by atoms with Gasteiger partial charge in [-0.3, -0.25) is 4.79 Å². The monoisotopic (exact) mass is 260 g/mol. The molecule has 0 bridgehead atoms. The Hall–Kier alpha value is -1.35. The van der Waals surface area contributed by atoms with Crippen molar-refractivity contribution >= 4 is 5.91 Å². The van der Waals surface area contributed by atoms with Crippen LogP contribution in [0.3, 0.4) is 0 Å². The van der Waals surface area contributed by atoms with Gasteiger partial charge >= 0.3 is 0 Å². The van der Waals surface area contributed by atoms with Gasteiger partial charge in [0, 0.05) is 13.1 Å². The van der Waals surface area contributed by atoms with E-state index in [0.717, 1.165) is 25.1 Å². The summed E-state index contributed by atoms with van der Waals surface area (Å²) in [5.41, 5.74) is 6.25. The maximum atomic E-state index is 12.6. The normalized spacial score (nSPS) is 22.6. The van der Waals surface area contributed by atoms with Gasteiger partial charge in [-0.1, -0.05) is 44.2 Å². The molecule has 1 aromatic rings. The number of rotatable bonds is 3. The Morgan fingerprint density at radius 3 is 2.53 bits per heavy atom. The smallest absolute Gasteiger partial charge is 0.246 e. The Bertz CT molecular complexity index is 439. The maximum Gasteiger partial charge on any atom is 0.246 e. The fourth-order valence-corrected chi connectivity index (χ4v) is 2.75. The summed E-state index contributed by atoms with van der Waals surface area (Å²) < 4.78 is 0. The predicted molar refractivity (Wildman–Crippen MR) is 77.5 cm³/mol. The molecule has 1 aliphatic rings. The molecule has 19 heavy (non-hydrogen) atoms. The van der Waals surface area contributed by atoms with Gasteiger partial charge in [-0.05, 0) is 30.7 Å². The van der Waals surface area contributed by atoms with Crippen molar-refractivity contribution in [2.75, 3.05) is 13.1 Å². The topological polar surface area (TPSA) is 46.3 Å². The highest BCUT2D eigenvalue weighted by Crippen LogP contribution is 2.28. The van der Waals surface area contributed by atoms with Crippen LogP contribution in [0.1, 0.15) is 32.8 Å². The van der Waals surface area contributed by atoms with Crippen molar-refractivity contribution in [1.29, 1.82) is 0 Å². The molecule has 3 heteroatoms. The molecule has 2 N–H and O–H groups in total. The second kappa shape index (κ2) is 5.33. The van der Waals surface area contributed by atoms with Gasteiger partial charge < -0.3 is 10.6 Å². The molecule has 0 spiro atoms. The number of benzene rings is 1. The Labute approximate surface area is 115 Å². The number of hydrogen-bond acceptors (Lipinski definition) is 2. The number of carbonyl (C=O) groups excluding carboxylic acids is 1. The summed E-state index contributed by atoms with van der Waals surface area (Å²) in [6, 6.07) is 9.64. The first-order valence-electron chi connectivity index (χ1n) is 7.06. The van der Waals surface area contributed by atoms with E-state index in [1.54, 1.807) is 0 Å². The molecule has 1 fully saturated rings. The molecule has 1 amide bonds. The Balaban J connectivity index is 2.12. The van der Waals surface area contributed by atoms with Crippen molar-refractivity contribution in [3.05, 3.63) is 35.9 Å². The van der Waals surface area contributed by atoms with Crippen LogP contribution in [0.5, 0.6) is 0 Å². The summed E-state index contributed by atoms with van der Waals surface area (Å²) in [4.78, 5) is 14.6. The van der Waals surface area contributed by atoms with Crippen LogP contribution in [0.2, 0.25) is 0 Å². The average molecular weight is 260 g/mol. The molecule has 3 nitrogen and oxygen atoms in total. The molecule has 2 rings (SSSR count). The number of hydrogen-bond donors (Lipinski definition) is 1. The summed E-state index contributed by atoms with van der Waals surface area (Å²) in [7, 11) is 0. The largest absolute Gasteiger partial charge is 0.341 e. The number of likely N-dealkylation sites (tertiary alicyclic amines) is 1. The minimum absolute atomic E-state index is 0.0434. The van der Waals surface area contributed by atoms with E-state index in [1.165, 1.54) is 0 Å². The zero-order valence-electron chi connectivity index (χ0n) is 12.1. The lowest BCUT2D eigenvalue weighted by atomic mass is 9.91. The number of nitrogens with zero attached hydrogens (tertiary/aromatic N) is 1. The number of nitrogens with two attached hydrogens (primary N) is 1. The van der Waals surface area contributed by atoms with E-state index in [4.69, 9.17) is 5.73 Å². The minimum atomic E-state index is -0.923. The van der Waals surface area contributed by atoms with Gasteiger partial charge in [-0.25, -0.2) is 0 Å². The molecule has 2 unspecified atom stereocenters. The molecule has 1 saturated heterocycles. The van der Waals surface area contributed by atoms with Gasteiger partial charge in [0.05, 0.1) is 0 Å². The quantitative estimate of drug-likeness (QED) is 0.907. The highest BCUT2D eigenvalue weighted by Gasteiger charge is 2.38. The van der Waals surface area contributed by atoms with E-state index in [2.05, 4.69) is 13.8 Å². The Morgan fingerprint density at radius 1 is 1.37 bits per heavy atom. The summed E-state index contributed by atoms with van der Waals surface area (Å²) in [5.74, 6) is 1.27. The molecule has 1 aromatic carbocycles. The maximum absolute atomic E-state index is 12.6. The van der Waals surface area contributed by atoms with E-state index < -0.39 is 5.54 Å². The molecule has 1 aliphatic heterocycles. The first-order chi connectivity index (χ1) is 8.93. The SMILES string of the molecule is CC(C)C1CCN(C(=O)C(C)(N)c2ccccc2)C1. The summed E-state index contributed by atoms with van der Waals surface area (Å²) in [6.45, 7) is 7.93. The van der Waals surface area contributed by atoms with Gasteiger partial charge in [0.1, 0.15) is 5.54 Å². The van der Waals surface area contributed by atoms with Crippen molar-refractivity contribution in [2.45, 2.75) is 32.7 Å². The van der Waals surface area contributed by atoms with Crippen molar-refractivity contribution in [1.82, 2.24) is 4.90 Å². The third-order valence-corrected chi connectivity index (χ3v) is 4.27. The van der Waals surface area contributed by atoms with Crippen LogP contribution in [0, 0.1) is 11.8 Å². The summed E-state index contributed by atoms with van der Waals surface area (Å²) >= 11 is 0. The molecule has 0 aromatic heterocycles. The second-order valence-electron chi connectivity index (χ2n) is 6.11. The van der Waals surface area contributed by atoms with Crippen LogP contribution in [-0.4, -0.2) is 23.9 Å². The fourth-order valence-electron chi connectivity index (χ4n) is 2.75. The van der Waals surface area contributed by atoms with Gasteiger partial charge in [-0.15, -0.1) is 0 Å². The van der Waals surface area contributed by atoms with E-state index in [9.17, 15) is 4.79 Å². The first-order valence-corrected chi connectivity index (χ1v) is 7.06. The van der Waals surface area contributed by atoms with Crippen molar-refractivity contribution < 1.29 is 4.79 Å². The van der Waals surface area contributed by atoms with Crippen LogP contribution in [0.4, 0.5) is 0 Å². The lowest BCUT2D eigenvalue weighted by molar-refractivity contribution is -0.135. The molecule has 0 saturated carbocycles. The lowest BCUT2D eigenvalue weighted by Crippen LogP contribution is -2.50. The van der Waals surface area contributed by atoms with Crippen LogP contribution in [0.15, 0.2) is 30.3 Å². The number of carbonyl (C=O) groups is 1. The summed E-state index contributed by atoms with van der Waals surface area (Å²) in [6.07, 6.45) is 1.09. The molecular weight excluding hydrogens is 236 g/mol. The lowest BCUT2D eigenvalue weighted by Gasteiger charge is -2.30. The van der Waals surface area contributed by atoms with Crippen LogP contribution < -0.4 is 5.73 Å². The highest BCUT2D eigenvalue weighted by molar-refractivity contribution is 5.87. The van der Waals surface area contributed by atoms with Gasteiger partial charge in [0.2, 0.25) is 5.91 Å².